The van der Waals surface area contributed by atoms with Crippen molar-refractivity contribution in [2.75, 3.05) is 0 Å². The summed E-state index contributed by atoms with van der Waals surface area (Å²) < 4.78 is 2.06. The summed E-state index contributed by atoms with van der Waals surface area (Å²) in [6.07, 6.45) is 1.78. The maximum Gasteiger partial charge on any atom is 0.146 e. The average molecular weight is 272 g/mol. The standard InChI is InChI=1S/C16H24N4/c1-6-20-10-18-19-16(20)9-17-14(5)15-8-12(3)11(2)7-13(15)4/h7-8,10,14,17H,6,9H2,1-5H3. The van der Waals surface area contributed by atoms with Crippen LogP contribution in [0.5, 0.6) is 0 Å². The summed E-state index contributed by atoms with van der Waals surface area (Å²) >= 11 is 0. The molecule has 0 fully saturated rings. The lowest BCUT2D eigenvalue weighted by atomic mass is 9.96. The van der Waals surface area contributed by atoms with Crippen LogP contribution >= 0.6 is 0 Å². The van der Waals surface area contributed by atoms with Crippen molar-refractivity contribution in [2.24, 2.45) is 0 Å². The van der Waals surface area contributed by atoms with Gasteiger partial charge in [-0.15, -0.1) is 10.2 Å². The van der Waals surface area contributed by atoms with E-state index in [0.717, 1.165) is 18.9 Å². The molecule has 4 heteroatoms. The largest absolute Gasteiger partial charge is 0.317 e. The Morgan fingerprint density at radius 1 is 1.15 bits per heavy atom. The molecule has 1 heterocycles. The third-order valence-electron chi connectivity index (χ3n) is 3.95. The molecular formula is C16H24N4. The Labute approximate surface area is 121 Å². The third kappa shape index (κ3) is 3.07. The van der Waals surface area contributed by atoms with Gasteiger partial charge in [0.1, 0.15) is 12.2 Å². The summed E-state index contributed by atoms with van der Waals surface area (Å²) in [5.41, 5.74) is 5.39. The SMILES string of the molecule is CCn1cnnc1CNC(C)c1cc(C)c(C)cc1C. The van der Waals surface area contributed by atoms with Gasteiger partial charge in [-0.2, -0.15) is 0 Å². The summed E-state index contributed by atoms with van der Waals surface area (Å²) in [5, 5.41) is 11.7. The first-order valence-electron chi connectivity index (χ1n) is 7.20. The molecule has 0 saturated heterocycles. The summed E-state index contributed by atoms with van der Waals surface area (Å²) in [7, 11) is 0. The van der Waals surface area contributed by atoms with Crippen LogP contribution in [0.4, 0.5) is 0 Å². The second kappa shape index (κ2) is 6.18. The predicted octanol–water partition coefficient (Wildman–Crippen LogP) is 3.07. The highest BCUT2D eigenvalue weighted by atomic mass is 15.3. The van der Waals surface area contributed by atoms with Gasteiger partial charge >= 0.3 is 0 Å². The van der Waals surface area contributed by atoms with E-state index in [1.165, 1.54) is 22.3 Å². The van der Waals surface area contributed by atoms with Gasteiger partial charge in [-0.1, -0.05) is 12.1 Å². The fourth-order valence-electron chi connectivity index (χ4n) is 2.48. The fourth-order valence-corrected chi connectivity index (χ4v) is 2.48. The molecule has 0 bridgehead atoms. The quantitative estimate of drug-likeness (QED) is 0.909. The Bertz CT molecular complexity index is 586. The molecule has 0 saturated carbocycles. The van der Waals surface area contributed by atoms with Crippen molar-refractivity contribution >= 4 is 0 Å². The fraction of sp³-hybridized carbons (Fsp3) is 0.500. The van der Waals surface area contributed by atoms with Crippen LogP contribution < -0.4 is 5.32 Å². The lowest BCUT2D eigenvalue weighted by Gasteiger charge is -2.18. The number of nitrogens with zero attached hydrogens (tertiary/aromatic N) is 3. The van der Waals surface area contributed by atoms with Crippen molar-refractivity contribution in [3.63, 3.8) is 0 Å². The summed E-state index contributed by atoms with van der Waals surface area (Å²) in [6, 6.07) is 4.85. The van der Waals surface area contributed by atoms with Crippen molar-refractivity contribution in [3.8, 4) is 0 Å². The van der Waals surface area contributed by atoms with Gasteiger partial charge < -0.3 is 9.88 Å². The van der Waals surface area contributed by atoms with E-state index in [0.29, 0.717) is 6.04 Å². The van der Waals surface area contributed by atoms with Crippen molar-refractivity contribution in [1.29, 1.82) is 0 Å². The number of aryl methyl sites for hydroxylation is 4. The number of hydrogen-bond acceptors (Lipinski definition) is 3. The molecule has 2 rings (SSSR count). The van der Waals surface area contributed by atoms with Crippen molar-refractivity contribution in [3.05, 3.63) is 46.5 Å². The predicted molar refractivity (Wildman–Crippen MR) is 81.6 cm³/mol. The van der Waals surface area contributed by atoms with Gasteiger partial charge in [-0.25, -0.2) is 0 Å². The van der Waals surface area contributed by atoms with Crippen LogP contribution in [0.25, 0.3) is 0 Å². The van der Waals surface area contributed by atoms with E-state index < -0.39 is 0 Å². The maximum absolute atomic E-state index is 4.16. The van der Waals surface area contributed by atoms with Gasteiger partial charge in [0.25, 0.3) is 0 Å². The highest BCUT2D eigenvalue weighted by molar-refractivity contribution is 5.38. The van der Waals surface area contributed by atoms with Crippen LogP contribution in [0.1, 0.15) is 48.0 Å². The molecule has 1 N–H and O–H groups in total. The second-order valence-electron chi connectivity index (χ2n) is 5.43. The Kier molecular flexibility index (Phi) is 4.55. The molecule has 1 atom stereocenters. The van der Waals surface area contributed by atoms with Crippen molar-refractivity contribution < 1.29 is 0 Å². The van der Waals surface area contributed by atoms with E-state index in [-0.39, 0.29) is 0 Å². The van der Waals surface area contributed by atoms with E-state index in [1.807, 2.05) is 0 Å². The normalized spacial score (nSPS) is 12.7. The molecular weight excluding hydrogens is 248 g/mol. The lowest BCUT2D eigenvalue weighted by molar-refractivity contribution is 0.537. The monoisotopic (exact) mass is 272 g/mol. The van der Waals surface area contributed by atoms with Gasteiger partial charge in [0.05, 0.1) is 6.54 Å². The molecule has 0 amide bonds. The van der Waals surface area contributed by atoms with E-state index in [1.54, 1.807) is 6.33 Å². The average Bonchev–Trinajstić information content (AvgIpc) is 2.87. The molecule has 20 heavy (non-hydrogen) atoms. The molecule has 108 valence electrons. The molecule has 0 aliphatic carbocycles. The van der Waals surface area contributed by atoms with Crippen LogP contribution in [0.2, 0.25) is 0 Å². The minimum atomic E-state index is 0.302. The lowest BCUT2D eigenvalue weighted by Crippen LogP contribution is -2.21. The summed E-state index contributed by atoms with van der Waals surface area (Å²) in [4.78, 5) is 0. The minimum absolute atomic E-state index is 0.302. The highest BCUT2D eigenvalue weighted by Gasteiger charge is 2.11. The van der Waals surface area contributed by atoms with E-state index in [9.17, 15) is 0 Å². The maximum atomic E-state index is 4.16. The van der Waals surface area contributed by atoms with Gasteiger partial charge in [0.2, 0.25) is 0 Å². The number of aromatic nitrogens is 3. The molecule has 1 aromatic carbocycles. The molecule has 1 aromatic heterocycles. The number of benzene rings is 1. The number of nitrogens with one attached hydrogen (secondary N) is 1. The molecule has 0 aliphatic heterocycles. The topological polar surface area (TPSA) is 42.7 Å². The Morgan fingerprint density at radius 3 is 2.55 bits per heavy atom. The van der Waals surface area contributed by atoms with Crippen molar-refractivity contribution in [2.45, 2.75) is 53.8 Å². The summed E-state index contributed by atoms with van der Waals surface area (Å²) in [5.74, 6) is 0.987. The molecule has 4 nitrogen and oxygen atoms in total. The van der Waals surface area contributed by atoms with Crippen molar-refractivity contribution in [1.82, 2.24) is 20.1 Å². The Morgan fingerprint density at radius 2 is 1.85 bits per heavy atom. The number of hydrogen-bond donors (Lipinski definition) is 1. The zero-order valence-electron chi connectivity index (χ0n) is 13.1. The van der Waals surface area contributed by atoms with E-state index in [4.69, 9.17) is 0 Å². The molecule has 0 aliphatic rings. The van der Waals surface area contributed by atoms with Gasteiger partial charge in [0.15, 0.2) is 0 Å². The zero-order chi connectivity index (χ0) is 14.7. The van der Waals surface area contributed by atoms with Gasteiger partial charge in [-0.3, -0.25) is 0 Å². The van der Waals surface area contributed by atoms with Crippen LogP contribution in [0, 0.1) is 20.8 Å². The first-order valence-corrected chi connectivity index (χ1v) is 7.20. The zero-order valence-corrected chi connectivity index (χ0v) is 13.1. The first-order chi connectivity index (χ1) is 9.52. The van der Waals surface area contributed by atoms with Gasteiger partial charge in [-0.05, 0) is 56.9 Å². The molecule has 0 radical (unpaired) electrons. The Balaban J connectivity index is 2.09. The molecule has 0 spiro atoms. The Hall–Kier alpha value is -1.68. The number of rotatable bonds is 5. The molecule has 1 unspecified atom stereocenters. The van der Waals surface area contributed by atoms with Crippen LogP contribution in [0.3, 0.4) is 0 Å². The molecule has 2 aromatic rings. The highest BCUT2D eigenvalue weighted by Crippen LogP contribution is 2.21. The van der Waals surface area contributed by atoms with Crippen LogP contribution in [-0.2, 0) is 13.1 Å². The second-order valence-corrected chi connectivity index (χ2v) is 5.43. The van der Waals surface area contributed by atoms with Gasteiger partial charge in [0, 0.05) is 12.6 Å². The van der Waals surface area contributed by atoms with Crippen LogP contribution in [0.15, 0.2) is 18.5 Å². The van der Waals surface area contributed by atoms with E-state index >= 15 is 0 Å². The first kappa shape index (κ1) is 14.7. The smallest absolute Gasteiger partial charge is 0.146 e. The third-order valence-corrected chi connectivity index (χ3v) is 3.95. The van der Waals surface area contributed by atoms with Crippen LogP contribution in [-0.4, -0.2) is 14.8 Å². The summed E-state index contributed by atoms with van der Waals surface area (Å²) in [6.45, 7) is 12.4. The van der Waals surface area contributed by atoms with E-state index in [2.05, 4.69) is 66.8 Å². The minimum Gasteiger partial charge on any atom is -0.317 e.